The molecule has 1 nitrogen and oxygen atoms in total. The summed E-state index contributed by atoms with van der Waals surface area (Å²) in [6.45, 7) is 3.73. The van der Waals surface area contributed by atoms with E-state index >= 15 is 0 Å². The number of hydrogen-bond donors (Lipinski definition) is 1. The first-order valence-corrected chi connectivity index (χ1v) is 5.50. The van der Waals surface area contributed by atoms with Gasteiger partial charge in [0.2, 0.25) is 0 Å². The van der Waals surface area contributed by atoms with Gasteiger partial charge in [0.25, 0.3) is 0 Å². The summed E-state index contributed by atoms with van der Waals surface area (Å²) in [6.07, 6.45) is 8.77. The lowest BCUT2D eigenvalue weighted by atomic mass is 10.1. The molecular weight excluding hydrogens is 182 g/mol. The van der Waals surface area contributed by atoms with E-state index in [1.54, 1.807) is 0 Å². The van der Waals surface area contributed by atoms with Crippen LogP contribution in [0.15, 0.2) is 36.9 Å². The van der Waals surface area contributed by atoms with Crippen LogP contribution in [0.2, 0.25) is 0 Å². The van der Waals surface area contributed by atoms with Crippen LogP contribution in [0.4, 0.5) is 5.69 Å². The van der Waals surface area contributed by atoms with Crippen molar-refractivity contribution < 1.29 is 0 Å². The Kier molecular flexibility index (Phi) is 2.91. The molecule has 1 aliphatic carbocycles. The topological polar surface area (TPSA) is 26.0 Å². The third-order valence-electron chi connectivity index (χ3n) is 2.90. The molecule has 1 aliphatic rings. The number of nitrogen functional groups attached to an aromatic ring is 1. The number of fused-ring (bicyclic) bond motifs is 1. The van der Waals surface area contributed by atoms with Crippen LogP contribution in [0.5, 0.6) is 0 Å². The van der Waals surface area contributed by atoms with E-state index in [-0.39, 0.29) is 0 Å². The summed E-state index contributed by atoms with van der Waals surface area (Å²) < 4.78 is 0. The third-order valence-corrected chi connectivity index (χ3v) is 2.90. The minimum Gasteiger partial charge on any atom is -0.399 e. The van der Waals surface area contributed by atoms with E-state index in [4.69, 9.17) is 5.73 Å². The molecule has 15 heavy (non-hydrogen) atoms. The van der Waals surface area contributed by atoms with Crippen LogP contribution in [0, 0.1) is 0 Å². The molecule has 0 radical (unpaired) electrons. The minimum atomic E-state index is 0.876. The number of rotatable bonds is 3. The van der Waals surface area contributed by atoms with Gasteiger partial charge in [0.1, 0.15) is 0 Å². The Morgan fingerprint density at radius 1 is 1.27 bits per heavy atom. The molecule has 0 amide bonds. The summed E-state index contributed by atoms with van der Waals surface area (Å²) in [5.74, 6) is 0. The SMILES string of the molecule is C=CCCC=C1CCc2cc(N)ccc21. The first-order chi connectivity index (χ1) is 7.31. The van der Waals surface area contributed by atoms with Crippen LogP contribution in [0.1, 0.15) is 30.4 Å². The summed E-state index contributed by atoms with van der Waals surface area (Å²) in [7, 11) is 0. The molecule has 0 unspecified atom stereocenters. The molecule has 0 heterocycles. The van der Waals surface area contributed by atoms with Crippen LogP contribution in [0.3, 0.4) is 0 Å². The van der Waals surface area contributed by atoms with Crippen molar-refractivity contribution in [3.05, 3.63) is 48.1 Å². The average Bonchev–Trinajstić information content (AvgIpc) is 2.61. The van der Waals surface area contributed by atoms with E-state index in [1.807, 2.05) is 12.1 Å². The number of aryl methyl sites for hydroxylation is 1. The predicted molar refractivity (Wildman–Crippen MR) is 66.6 cm³/mol. The van der Waals surface area contributed by atoms with Gasteiger partial charge < -0.3 is 5.73 Å². The number of allylic oxidation sites excluding steroid dienone is 3. The van der Waals surface area contributed by atoms with E-state index in [0.29, 0.717) is 0 Å². The van der Waals surface area contributed by atoms with Gasteiger partial charge in [-0.1, -0.05) is 18.2 Å². The van der Waals surface area contributed by atoms with Gasteiger partial charge in [-0.25, -0.2) is 0 Å². The highest BCUT2D eigenvalue weighted by Gasteiger charge is 2.15. The fourth-order valence-electron chi connectivity index (χ4n) is 2.13. The van der Waals surface area contributed by atoms with E-state index in [1.165, 1.54) is 16.7 Å². The summed E-state index contributed by atoms with van der Waals surface area (Å²) in [5, 5.41) is 0. The lowest BCUT2D eigenvalue weighted by Gasteiger charge is -2.01. The number of nitrogens with two attached hydrogens (primary N) is 1. The van der Waals surface area contributed by atoms with Gasteiger partial charge >= 0.3 is 0 Å². The Labute approximate surface area is 91.3 Å². The maximum atomic E-state index is 5.77. The molecule has 0 bridgehead atoms. The minimum absolute atomic E-state index is 0.876. The Bertz CT molecular complexity index is 402. The Morgan fingerprint density at radius 2 is 2.13 bits per heavy atom. The normalized spacial score (nSPS) is 16.7. The maximum Gasteiger partial charge on any atom is 0.0317 e. The lowest BCUT2D eigenvalue weighted by Crippen LogP contribution is -1.87. The highest BCUT2D eigenvalue weighted by molar-refractivity contribution is 5.74. The smallest absolute Gasteiger partial charge is 0.0317 e. The Hall–Kier alpha value is -1.50. The highest BCUT2D eigenvalue weighted by Crippen LogP contribution is 2.33. The van der Waals surface area contributed by atoms with Crippen LogP contribution in [-0.4, -0.2) is 0 Å². The third kappa shape index (κ3) is 2.12. The number of benzene rings is 1. The van der Waals surface area contributed by atoms with E-state index in [2.05, 4.69) is 24.8 Å². The lowest BCUT2D eigenvalue weighted by molar-refractivity contribution is 1.03. The largest absolute Gasteiger partial charge is 0.399 e. The Morgan fingerprint density at radius 3 is 2.93 bits per heavy atom. The fraction of sp³-hybridized carbons (Fsp3) is 0.286. The van der Waals surface area contributed by atoms with Crippen LogP contribution < -0.4 is 5.73 Å². The van der Waals surface area contributed by atoms with Gasteiger partial charge in [-0.3, -0.25) is 0 Å². The molecule has 0 aliphatic heterocycles. The molecule has 1 aromatic rings. The second-order valence-electron chi connectivity index (χ2n) is 4.01. The van der Waals surface area contributed by atoms with Crippen molar-refractivity contribution in [2.45, 2.75) is 25.7 Å². The van der Waals surface area contributed by atoms with Crippen molar-refractivity contribution in [2.24, 2.45) is 0 Å². The first-order valence-electron chi connectivity index (χ1n) is 5.50. The summed E-state index contributed by atoms with van der Waals surface area (Å²) in [6, 6.07) is 6.24. The second kappa shape index (κ2) is 4.35. The molecule has 2 N–H and O–H groups in total. The predicted octanol–water partition coefficient (Wildman–Crippen LogP) is 3.56. The van der Waals surface area contributed by atoms with E-state index in [9.17, 15) is 0 Å². The van der Waals surface area contributed by atoms with Gasteiger partial charge in [-0.15, -0.1) is 6.58 Å². The zero-order valence-corrected chi connectivity index (χ0v) is 9.00. The molecular formula is C14H17N. The van der Waals surface area contributed by atoms with Gasteiger partial charge in [0, 0.05) is 5.69 Å². The van der Waals surface area contributed by atoms with E-state index < -0.39 is 0 Å². The van der Waals surface area contributed by atoms with Crippen molar-refractivity contribution in [3.8, 4) is 0 Å². The van der Waals surface area contributed by atoms with Gasteiger partial charge in [-0.05, 0) is 54.5 Å². The van der Waals surface area contributed by atoms with Crippen molar-refractivity contribution >= 4 is 11.3 Å². The van der Waals surface area contributed by atoms with Crippen molar-refractivity contribution in [1.82, 2.24) is 0 Å². The molecule has 1 aromatic carbocycles. The molecule has 0 saturated heterocycles. The summed E-state index contributed by atoms with van der Waals surface area (Å²) in [5.41, 5.74) is 10.9. The van der Waals surface area contributed by atoms with Crippen molar-refractivity contribution in [1.29, 1.82) is 0 Å². The van der Waals surface area contributed by atoms with Crippen molar-refractivity contribution in [2.75, 3.05) is 5.73 Å². The fourth-order valence-corrected chi connectivity index (χ4v) is 2.13. The quantitative estimate of drug-likeness (QED) is 0.449. The number of unbranched alkanes of at least 4 members (excludes halogenated alkanes) is 1. The molecule has 78 valence electrons. The van der Waals surface area contributed by atoms with Gasteiger partial charge in [-0.2, -0.15) is 0 Å². The van der Waals surface area contributed by atoms with Gasteiger partial charge in [0.15, 0.2) is 0 Å². The summed E-state index contributed by atoms with van der Waals surface area (Å²) >= 11 is 0. The average molecular weight is 199 g/mol. The molecule has 1 heteroatoms. The zero-order valence-electron chi connectivity index (χ0n) is 9.00. The maximum absolute atomic E-state index is 5.77. The van der Waals surface area contributed by atoms with E-state index in [0.717, 1.165) is 31.4 Å². The zero-order chi connectivity index (χ0) is 10.7. The highest BCUT2D eigenvalue weighted by atomic mass is 14.5. The van der Waals surface area contributed by atoms with Gasteiger partial charge in [0.05, 0.1) is 0 Å². The number of hydrogen-bond acceptors (Lipinski definition) is 1. The van der Waals surface area contributed by atoms with Crippen LogP contribution in [-0.2, 0) is 6.42 Å². The molecule has 2 rings (SSSR count). The monoisotopic (exact) mass is 199 g/mol. The van der Waals surface area contributed by atoms with Crippen LogP contribution >= 0.6 is 0 Å². The number of anilines is 1. The standard InChI is InChI=1S/C14H17N/c1-2-3-4-5-11-6-7-12-10-13(15)8-9-14(11)12/h2,5,8-10H,1,3-4,6-7,15H2. The Balaban J connectivity index is 2.21. The van der Waals surface area contributed by atoms with Crippen molar-refractivity contribution in [3.63, 3.8) is 0 Å². The second-order valence-corrected chi connectivity index (χ2v) is 4.01. The molecule has 0 aromatic heterocycles. The summed E-state index contributed by atoms with van der Waals surface area (Å²) in [4.78, 5) is 0. The molecule has 0 atom stereocenters. The first kappa shape index (κ1) is 10.0. The molecule has 0 saturated carbocycles. The molecule has 0 spiro atoms. The van der Waals surface area contributed by atoms with Crippen LogP contribution in [0.25, 0.3) is 5.57 Å². The molecule has 0 fully saturated rings.